The Labute approximate surface area is 114 Å². The second-order valence-corrected chi connectivity index (χ2v) is 5.47. The van der Waals surface area contributed by atoms with E-state index in [0.29, 0.717) is 12.5 Å². The number of carboxylic acids is 1. The lowest BCUT2D eigenvalue weighted by Gasteiger charge is -2.31. The summed E-state index contributed by atoms with van der Waals surface area (Å²) >= 11 is 0. The molecular formula is C13H24N2O4. The summed E-state index contributed by atoms with van der Waals surface area (Å²) in [5, 5.41) is 11.8. The third-order valence-electron chi connectivity index (χ3n) is 3.18. The van der Waals surface area contributed by atoms with E-state index in [1.54, 1.807) is 0 Å². The number of rotatable bonds is 5. The smallest absolute Gasteiger partial charge is 0.334 e. The maximum atomic E-state index is 12.0. The van der Waals surface area contributed by atoms with Gasteiger partial charge in [-0.1, -0.05) is 13.8 Å². The molecule has 1 saturated heterocycles. The quantitative estimate of drug-likeness (QED) is 0.791. The van der Waals surface area contributed by atoms with Gasteiger partial charge in [0.2, 0.25) is 0 Å². The molecule has 1 aliphatic rings. The number of urea groups is 1. The molecule has 0 aromatic carbocycles. The molecular weight excluding hydrogens is 248 g/mol. The standard InChI is InChI=1S/C13H24N2O4/c1-9(2)4-5-10(3)14-13(18)15-6-7-19-11(8-15)12(16)17/h9-11H,4-8H2,1-3H3,(H,14,18)(H,16,17). The molecule has 1 heterocycles. The van der Waals surface area contributed by atoms with Gasteiger partial charge in [-0.2, -0.15) is 0 Å². The predicted molar refractivity (Wildman–Crippen MR) is 71.0 cm³/mol. The molecule has 1 rings (SSSR count). The van der Waals surface area contributed by atoms with E-state index >= 15 is 0 Å². The highest BCUT2D eigenvalue weighted by molar-refractivity contribution is 5.77. The van der Waals surface area contributed by atoms with Crippen LogP contribution in [0, 0.1) is 5.92 Å². The van der Waals surface area contributed by atoms with Crippen LogP contribution >= 0.6 is 0 Å². The fourth-order valence-electron chi connectivity index (χ4n) is 1.94. The van der Waals surface area contributed by atoms with Crippen molar-refractivity contribution in [1.29, 1.82) is 0 Å². The van der Waals surface area contributed by atoms with Gasteiger partial charge in [0, 0.05) is 12.6 Å². The van der Waals surface area contributed by atoms with Crippen molar-refractivity contribution < 1.29 is 19.4 Å². The average Bonchev–Trinajstić information content (AvgIpc) is 2.36. The summed E-state index contributed by atoms with van der Waals surface area (Å²) in [7, 11) is 0. The van der Waals surface area contributed by atoms with Crippen molar-refractivity contribution in [3.63, 3.8) is 0 Å². The van der Waals surface area contributed by atoms with Crippen LogP contribution in [0.2, 0.25) is 0 Å². The van der Waals surface area contributed by atoms with Gasteiger partial charge in [-0.05, 0) is 25.7 Å². The molecule has 2 amide bonds. The molecule has 0 bridgehead atoms. The van der Waals surface area contributed by atoms with E-state index in [0.717, 1.165) is 12.8 Å². The summed E-state index contributed by atoms with van der Waals surface area (Å²) < 4.78 is 5.08. The van der Waals surface area contributed by atoms with Gasteiger partial charge in [-0.15, -0.1) is 0 Å². The van der Waals surface area contributed by atoms with E-state index in [1.165, 1.54) is 4.90 Å². The molecule has 19 heavy (non-hydrogen) atoms. The van der Waals surface area contributed by atoms with Crippen LogP contribution in [0.25, 0.3) is 0 Å². The zero-order valence-electron chi connectivity index (χ0n) is 11.9. The van der Waals surface area contributed by atoms with Crippen LogP contribution in [0.3, 0.4) is 0 Å². The first-order valence-corrected chi connectivity index (χ1v) is 6.80. The molecule has 1 aliphatic heterocycles. The summed E-state index contributed by atoms with van der Waals surface area (Å²) in [6, 6.07) is -0.105. The lowest BCUT2D eigenvalue weighted by atomic mass is 10.0. The highest BCUT2D eigenvalue weighted by Crippen LogP contribution is 2.09. The molecule has 0 aromatic heterocycles. The van der Waals surface area contributed by atoms with Crippen molar-refractivity contribution in [2.75, 3.05) is 19.7 Å². The summed E-state index contributed by atoms with van der Waals surface area (Å²) in [5.41, 5.74) is 0. The summed E-state index contributed by atoms with van der Waals surface area (Å²) in [6.45, 7) is 7.08. The minimum Gasteiger partial charge on any atom is -0.479 e. The van der Waals surface area contributed by atoms with Crippen LogP contribution < -0.4 is 5.32 Å². The van der Waals surface area contributed by atoms with Crippen LogP contribution in [-0.2, 0) is 9.53 Å². The Morgan fingerprint density at radius 3 is 2.63 bits per heavy atom. The van der Waals surface area contributed by atoms with Gasteiger partial charge >= 0.3 is 12.0 Å². The third-order valence-corrected chi connectivity index (χ3v) is 3.18. The number of hydrogen-bond acceptors (Lipinski definition) is 3. The van der Waals surface area contributed by atoms with Gasteiger partial charge in [0.25, 0.3) is 0 Å². The molecule has 2 atom stereocenters. The molecule has 0 saturated carbocycles. The number of nitrogens with one attached hydrogen (secondary N) is 1. The minimum atomic E-state index is -1.02. The Kier molecular flexibility index (Phi) is 6.08. The summed E-state index contributed by atoms with van der Waals surface area (Å²) in [6.07, 6.45) is 1.07. The summed E-state index contributed by atoms with van der Waals surface area (Å²) in [4.78, 5) is 24.3. The van der Waals surface area contributed by atoms with Crippen molar-refractivity contribution in [2.45, 2.75) is 45.8 Å². The van der Waals surface area contributed by atoms with E-state index in [4.69, 9.17) is 9.84 Å². The van der Waals surface area contributed by atoms with Gasteiger partial charge in [-0.3, -0.25) is 0 Å². The molecule has 110 valence electrons. The zero-order valence-corrected chi connectivity index (χ0v) is 11.9. The molecule has 1 fully saturated rings. The van der Waals surface area contributed by atoms with Gasteiger partial charge in [-0.25, -0.2) is 9.59 Å². The maximum absolute atomic E-state index is 12.0. The van der Waals surface area contributed by atoms with Gasteiger partial charge < -0.3 is 20.1 Å². The van der Waals surface area contributed by atoms with Crippen LogP contribution in [0.1, 0.15) is 33.6 Å². The van der Waals surface area contributed by atoms with Crippen LogP contribution in [-0.4, -0.2) is 53.8 Å². The van der Waals surface area contributed by atoms with E-state index in [-0.39, 0.29) is 25.2 Å². The molecule has 0 radical (unpaired) electrons. The Bertz CT molecular complexity index is 320. The summed E-state index contributed by atoms with van der Waals surface area (Å²) in [5.74, 6) is -0.413. The number of nitrogens with zero attached hydrogens (tertiary/aromatic N) is 1. The monoisotopic (exact) mass is 272 g/mol. The number of carbonyl (C=O) groups excluding carboxylic acids is 1. The van der Waals surface area contributed by atoms with Crippen LogP contribution in [0.15, 0.2) is 0 Å². The van der Waals surface area contributed by atoms with Crippen molar-refractivity contribution in [3.8, 4) is 0 Å². The largest absolute Gasteiger partial charge is 0.479 e. The molecule has 0 spiro atoms. The van der Waals surface area contributed by atoms with Crippen molar-refractivity contribution in [3.05, 3.63) is 0 Å². The molecule has 2 N–H and O–H groups in total. The number of carbonyl (C=O) groups is 2. The van der Waals surface area contributed by atoms with Crippen LogP contribution in [0.4, 0.5) is 4.79 Å². The highest BCUT2D eigenvalue weighted by atomic mass is 16.5. The average molecular weight is 272 g/mol. The first-order chi connectivity index (χ1) is 8.90. The third kappa shape index (κ3) is 5.46. The fraction of sp³-hybridized carbons (Fsp3) is 0.846. The van der Waals surface area contributed by atoms with Gasteiger partial charge in [0.15, 0.2) is 6.10 Å². The number of amides is 2. The van der Waals surface area contributed by atoms with Crippen molar-refractivity contribution >= 4 is 12.0 Å². The number of hydrogen-bond donors (Lipinski definition) is 2. The van der Waals surface area contributed by atoms with Crippen molar-refractivity contribution in [2.24, 2.45) is 5.92 Å². The second kappa shape index (κ2) is 7.33. The second-order valence-electron chi connectivity index (χ2n) is 5.47. The Hall–Kier alpha value is -1.30. The van der Waals surface area contributed by atoms with E-state index in [1.807, 2.05) is 6.92 Å². The normalized spacial score (nSPS) is 21.3. The molecule has 0 aliphatic carbocycles. The van der Waals surface area contributed by atoms with Crippen molar-refractivity contribution in [1.82, 2.24) is 10.2 Å². The number of morpholine rings is 1. The van der Waals surface area contributed by atoms with E-state index < -0.39 is 12.1 Å². The van der Waals surface area contributed by atoms with E-state index in [9.17, 15) is 9.59 Å². The number of ether oxygens (including phenoxy) is 1. The fourth-order valence-corrected chi connectivity index (χ4v) is 1.94. The first-order valence-electron chi connectivity index (χ1n) is 6.80. The minimum absolute atomic E-state index is 0.0982. The zero-order chi connectivity index (χ0) is 14.4. The van der Waals surface area contributed by atoms with Gasteiger partial charge in [0.1, 0.15) is 0 Å². The predicted octanol–water partition coefficient (Wildman–Crippen LogP) is 1.31. The topological polar surface area (TPSA) is 78.9 Å². The molecule has 6 nitrogen and oxygen atoms in total. The van der Waals surface area contributed by atoms with E-state index in [2.05, 4.69) is 19.2 Å². The number of aliphatic carboxylic acids is 1. The van der Waals surface area contributed by atoms with Gasteiger partial charge in [0.05, 0.1) is 13.2 Å². The van der Waals surface area contributed by atoms with Crippen LogP contribution in [0.5, 0.6) is 0 Å². The number of carboxylic acid groups (broad SMARTS) is 1. The highest BCUT2D eigenvalue weighted by Gasteiger charge is 2.29. The Morgan fingerprint density at radius 1 is 1.37 bits per heavy atom. The Balaban J connectivity index is 2.38. The lowest BCUT2D eigenvalue weighted by Crippen LogP contribution is -2.53. The Morgan fingerprint density at radius 2 is 2.05 bits per heavy atom. The lowest BCUT2D eigenvalue weighted by molar-refractivity contribution is -0.154. The maximum Gasteiger partial charge on any atom is 0.334 e. The molecule has 6 heteroatoms. The molecule has 2 unspecified atom stereocenters. The SMILES string of the molecule is CC(C)CCC(C)NC(=O)N1CCOC(C(=O)O)C1. The molecule has 0 aromatic rings. The first kappa shape index (κ1) is 15.8.